The molecule has 0 aliphatic rings. The summed E-state index contributed by atoms with van der Waals surface area (Å²) in [5.41, 5.74) is 2.76. The van der Waals surface area contributed by atoms with E-state index in [1.54, 1.807) is 11.2 Å². The Balaban J connectivity index is 1.75. The number of hydrogen-bond donors (Lipinski definition) is 4. The van der Waals surface area contributed by atoms with E-state index in [1.165, 1.54) is 0 Å². The van der Waals surface area contributed by atoms with Gasteiger partial charge in [-0.15, -0.1) is 0 Å². The Labute approximate surface area is 188 Å². The zero-order valence-corrected chi connectivity index (χ0v) is 18.5. The summed E-state index contributed by atoms with van der Waals surface area (Å²) in [6.07, 6.45) is 5.34. The molecule has 1 aromatic heterocycles. The number of amides is 1. The van der Waals surface area contributed by atoms with Crippen LogP contribution in [0.4, 0.5) is 0 Å². The highest BCUT2D eigenvalue weighted by Crippen LogP contribution is 2.19. The molecule has 0 aliphatic carbocycles. The number of unbranched alkanes of at least 4 members (excludes halogenated alkanes) is 2. The minimum atomic E-state index is -1.07. The van der Waals surface area contributed by atoms with Crippen LogP contribution in [0, 0.1) is 0 Å². The van der Waals surface area contributed by atoms with Gasteiger partial charge in [-0.1, -0.05) is 68.3 Å². The number of hydrogen-bond acceptors (Lipinski definition) is 4. The van der Waals surface area contributed by atoms with Gasteiger partial charge in [0, 0.05) is 30.1 Å². The number of nitrogens with one attached hydrogen (secondary N) is 2. The molecule has 3 rings (SSSR count). The topological polar surface area (TPSA) is 111 Å². The van der Waals surface area contributed by atoms with Gasteiger partial charge in [0.25, 0.3) is 0 Å². The number of aromatic nitrogens is 1. The van der Waals surface area contributed by atoms with Crippen molar-refractivity contribution in [3.63, 3.8) is 0 Å². The SMILES string of the molecule is CCCCCN(N)C(Cc1ccccc1)C(=O)NC(Cc1c[nH]c2ccccc12)C(=O)O. The Kier molecular flexibility index (Phi) is 8.41. The molecule has 2 unspecified atom stereocenters. The van der Waals surface area contributed by atoms with Crippen LogP contribution in [-0.4, -0.2) is 45.6 Å². The number of benzene rings is 2. The lowest BCUT2D eigenvalue weighted by molar-refractivity contribution is -0.142. The van der Waals surface area contributed by atoms with Gasteiger partial charge in [0.2, 0.25) is 5.91 Å². The highest BCUT2D eigenvalue weighted by molar-refractivity contribution is 5.88. The molecule has 1 heterocycles. The van der Waals surface area contributed by atoms with Crippen LogP contribution in [-0.2, 0) is 22.4 Å². The van der Waals surface area contributed by atoms with Crippen molar-refractivity contribution in [1.82, 2.24) is 15.3 Å². The third kappa shape index (κ3) is 6.18. The summed E-state index contributed by atoms with van der Waals surface area (Å²) in [6.45, 7) is 2.68. The Morgan fingerprint density at radius 3 is 2.50 bits per heavy atom. The number of nitrogens with two attached hydrogens (primary N) is 1. The summed E-state index contributed by atoms with van der Waals surface area (Å²) in [5, 5.41) is 15.0. The minimum absolute atomic E-state index is 0.184. The second kappa shape index (κ2) is 11.5. The maximum Gasteiger partial charge on any atom is 0.326 e. The van der Waals surface area contributed by atoms with E-state index < -0.39 is 18.1 Å². The first kappa shape index (κ1) is 23.5. The van der Waals surface area contributed by atoms with Crippen LogP contribution in [0.5, 0.6) is 0 Å². The fourth-order valence-corrected chi connectivity index (χ4v) is 3.89. The van der Waals surface area contributed by atoms with Gasteiger partial charge in [-0.3, -0.25) is 10.6 Å². The van der Waals surface area contributed by atoms with Crippen molar-refractivity contribution in [2.24, 2.45) is 5.84 Å². The van der Waals surface area contributed by atoms with E-state index in [4.69, 9.17) is 5.84 Å². The summed E-state index contributed by atoms with van der Waals surface area (Å²) in [7, 11) is 0. The van der Waals surface area contributed by atoms with Crippen LogP contribution in [0.25, 0.3) is 10.9 Å². The summed E-state index contributed by atoms with van der Waals surface area (Å²) < 4.78 is 0. The fourth-order valence-electron chi connectivity index (χ4n) is 3.89. The zero-order chi connectivity index (χ0) is 22.9. The zero-order valence-electron chi connectivity index (χ0n) is 18.5. The van der Waals surface area contributed by atoms with Crippen LogP contribution >= 0.6 is 0 Å². The fraction of sp³-hybridized carbons (Fsp3) is 0.360. The molecule has 7 heteroatoms. The molecule has 3 aromatic rings. The van der Waals surface area contributed by atoms with Gasteiger partial charge in [-0.2, -0.15) is 0 Å². The van der Waals surface area contributed by atoms with E-state index in [1.807, 2.05) is 54.6 Å². The highest BCUT2D eigenvalue weighted by Gasteiger charge is 2.29. The first-order chi connectivity index (χ1) is 15.5. The normalized spacial score (nSPS) is 13.2. The molecule has 2 atom stereocenters. The molecule has 0 saturated heterocycles. The molecule has 2 aromatic carbocycles. The summed E-state index contributed by atoms with van der Waals surface area (Å²) in [6, 6.07) is 15.6. The van der Waals surface area contributed by atoms with Crippen molar-refractivity contribution in [2.75, 3.05) is 6.54 Å². The number of nitrogens with zero attached hydrogens (tertiary/aromatic N) is 1. The number of carbonyl (C=O) groups excluding carboxylic acids is 1. The Bertz CT molecular complexity index is 1020. The predicted octanol–water partition coefficient (Wildman–Crippen LogP) is 3.26. The average molecular weight is 437 g/mol. The van der Waals surface area contributed by atoms with Gasteiger partial charge in [0.15, 0.2) is 0 Å². The van der Waals surface area contributed by atoms with Crippen molar-refractivity contribution in [1.29, 1.82) is 0 Å². The van der Waals surface area contributed by atoms with E-state index >= 15 is 0 Å². The van der Waals surface area contributed by atoms with Gasteiger partial charge in [0.1, 0.15) is 12.1 Å². The molecule has 0 saturated carbocycles. The summed E-state index contributed by atoms with van der Waals surface area (Å²) in [4.78, 5) is 28.4. The maximum absolute atomic E-state index is 13.2. The van der Waals surface area contributed by atoms with Crippen molar-refractivity contribution in [3.05, 3.63) is 71.9 Å². The van der Waals surface area contributed by atoms with E-state index in [9.17, 15) is 14.7 Å². The molecule has 0 radical (unpaired) electrons. The third-order valence-corrected chi connectivity index (χ3v) is 5.71. The molecule has 0 spiro atoms. The smallest absolute Gasteiger partial charge is 0.326 e. The number of hydrazine groups is 1. The first-order valence-electron chi connectivity index (χ1n) is 11.1. The molecule has 32 heavy (non-hydrogen) atoms. The highest BCUT2D eigenvalue weighted by atomic mass is 16.4. The van der Waals surface area contributed by atoms with Crippen molar-refractivity contribution < 1.29 is 14.7 Å². The average Bonchev–Trinajstić information content (AvgIpc) is 3.20. The molecule has 7 nitrogen and oxygen atoms in total. The van der Waals surface area contributed by atoms with Crippen molar-refractivity contribution in [3.8, 4) is 0 Å². The van der Waals surface area contributed by atoms with Gasteiger partial charge >= 0.3 is 5.97 Å². The third-order valence-electron chi connectivity index (χ3n) is 5.71. The second-order valence-corrected chi connectivity index (χ2v) is 8.11. The Morgan fingerprint density at radius 2 is 1.78 bits per heavy atom. The molecule has 5 N–H and O–H groups in total. The quantitative estimate of drug-likeness (QED) is 0.198. The Morgan fingerprint density at radius 1 is 1.06 bits per heavy atom. The number of H-pyrrole nitrogens is 1. The van der Waals surface area contributed by atoms with Crippen LogP contribution in [0.3, 0.4) is 0 Å². The summed E-state index contributed by atoms with van der Waals surface area (Å²) >= 11 is 0. The number of aromatic amines is 1. The lowest BCUT2D eigenvalue weighted by atomic mass is 10.0. The monoisotopic (exact) mass is 436 g/mol. The van der Waals surface area contributed by atoms with Crippen molar-refractivity contribution >= 4 is 22.8 Å². The van der Waals surface area contributed by atoms with Gasteiger partial charge in [-0.25, -0.2) is 9.80 Å². The van der Waals surface area contributed by atoms with E-state index in [0.29, 0.717) is 13.0 Å². The van der Waals surface area contributed by atoms with E-state index in [-0.39, 0.29) is 12.3 Å². The molecule has 1 amide bonds. The molecule has 170 valence electrons. The lowest BCUT2D eigenvalue weighted by Crippen LogP contribution is -2.55. The number of para-hydroxylation sites is 1. The second-order valence-electron chi connectivity index (χ2n) is 8.11. The maximum atomic E-state index is 13.2. The largest absolute Gasteiger partial charge is 0.480 e. The van der Waals surface area contributed by atoms with Gasteiger partial charge in [-0.05, 0) is 30.0 Å². The number of carbonyl (C=O) groups is 2. The number of fused-ring (bicyclic) bond motifs is 1. The minimum Gasteiger partial charge on any atom is -0.480 e. The molecular formula is C25H32N4O3. The van der Waals surface area contributed by atoms with E-state index in [2.05, 4.69) is 17.2 Å². The molecule has 0 bridgehead atoms. The van der Waals surface area contributed by atoms with Gasteiger partial charge in [0.05, 0.1) is 0 Å². The number of carboxylic acid groups (broad SMARTS) is 1. The number of aliphatic carboxylic acids is 1. The molecular weight excluding hydrogens is 404 g/mol. The lowest BCUT2D eigenvalue weighted by Gasteiger charge is -2.28. The van der Waals surface area contributed by atoms with Crippen LogP contribution in [0.2, 0.25) is 0 Å². The molecule has 0 fully saturated rings. The Hall–Kier alpha value is -3.16. The molecule has 0 aliphatic heterocycles. The summed E-state index contributed by atoms with van der Waals surface area (Å²) in [5.74, 6) is 4.84. The standard InChI is InChI=1S/C25H32N4O3/c1-2-3-9-14-29(26)23(15-18-10-5-4-6-11-18)24(30)28-22(25(31)32)16-19-17-27-21-13-8-7-12-20(19)21/h4-8,10-13,17,22-23,27H,2-3,9,14-16,26H2,1H3,(H,28,30)(H,31,32). The van der Waals surface area contributed by atoms with E-state index in [0.717, 1.165) is 41.3 Å². The van der Waals surface area contributed by atoms with Crippen LogP contribution in [0.1, 0.15) is 37.3 Å². The van der Waals surface area contributed by atoms with Crippen molar-refractivity contribution in [2.45, 2.75) is 51.1 Å². The number of carboxylic acids is 1. The first-order valence-corrected chi connectivity index (χ1v) is 11.1. The van der Waals surface area contributed by atoms with Crippen LogP contribution in [0.15, 0.2) is 60.8 Å². The number of rotatable bonds is 12. The predicted molar refractivity (Wildman–Crippen MR) is 126 cm³/mol. The van der Waals surface area contributed by atoms with Gasteiger partial charge < -0.3 is 15.4 Å². The van der Waals surface area contributed by atoms with Crippen LogP contribution < -0.4 is 11.2 Å².